The molecule has 5 aromatic rings. The van der Waals surface area contributed by atoms with Crippen molar-refractivity contribution in [2.75, 3.05) is 5.43 Å². The van der Waals surface area contributed by atoms with Crippen molar-refractivity contribution in [3.8, 4) is 0 Å². The molecule has 0 radical (unpaired) electrons. The van der Waals surface area contributed by atoms with Gasteiger partial charge < -0.3 is 0 Å². The molecule has 53 heavy (non-hydrogen) atoms. The van der Waals surface area contributed by atoms with Crippen LogP contribution >= 0.6 is 12.2 Å². The lowest BCUT2D eigenvalue weighted by atomic mass is 9.94. The quantitative estimate of drug-likeness (QED) is 0.0754. The lowest BCUT2D eigenvalue weighted by Gasteiger charge is -2.34. The van der Waals surface area contributed by atoms with E-state index in [2.05, 4.69) is 22.1 Å². The number of carbonyl (C=O) groups excluding carboxylic acids is 1. The SMILES string of the molecule is NN.NNc1nc2cc(C(F)(F)F)ccc2c(=O)n1C1Cc2ccccc2C1.O=C1c2ccc(C(F)(F)F)cc2CC(=S)N1C1Cc2ccccc2C1. The number of hydrogen-bond acceptors (Lipinski definition) is 8. The molecule has 16 heteroatoms. The number of hydrazine groups is 2. The minimum atomic E-state index is -4.51. The van der Waals surface area contributed by atoms with Crippen LogP contribution in [0.2, 0.25) is 0 Å². The Labute approximate surface area is 304 Å². The number of nitrogen functional groups attached to an aromatic ring is 1. The van der Waals surface area contributed by atoms with E-state index < -0.39 is 29.0 Å². The fraction of sp³-hybridized carbons (Fsp3) is 0.243. The van der Waals surface area contributed by atoms with Gasteiger partial charge in [-0.05, 0) is 89.9 Å². The van der Waals surface area contributed by atoms with Gasteiger partial charge in [0, 0.05) is 24.1 Å². The molecule has 7 N–H and O–H groups in total. The van der Waals surface area contributed by atoms with Crippen LogP contribution in [0.25, 0.3) is 10.9 Å². The summed E-state index contributed by atoms with van der Waals surface area (Å²) in [6.45, 7) is 0. The highest BCUT2D eigenvalue weighted by Crippen LogP contribution is 2.36. The topological polar surface area (TPSA) is 145 Å². The lowest BCUT2D eigenvalue weighted by Crippen LogP contribution is -2.48. The van der Waals surface area contributed by atoms with Gasteiger partial charge in [-0.25, -0.2) is 10.8 Å². The molecule has 4 aromatic carbocycles. The van der Waals surface area contributed by atoms with Gasteiger partial charge in [0.2, 0.25) is 5.95 Å². The van der Waals surface area contributed by atoms with Gasteiger partial charge in [0.1, 0.15) is 0 Å². The smallest absolute Gasteiger partial charge is 0.298 e. The summed E-state index contributed by atoms with van der Waals surface area (Å²) in [4.78, 5) is 32.0. The molecule has 9 nitrogen and oxygen atoms in total. The van der Waals surface area contributed by atoms with Crippen molar-refractivity contribution in [2.24, 2.45) is 17.5 Å². The third-order valence-corrected chi connectivity index (χ3v) is 9.98. The molecular formula is C37H33F6N7O2S. The molecule has 0 saturated carbocycles. The van der Waals surface area contributed by atoms with Gasteiger partial charge in [0.05, 0.1) is 27.0 Å². The number of thiocarbonyl (C=S) groups is 1. The van der Waals surface area contributed by atoms with Gasteiger partial charge in [-0.1, -0.05) is 60.7 Å². The number of benzene rings is 4. The van der Waals surface area contributed by atoms with E-state index in [0.717, 1.165) is 48.2 Å². The molecule has 0 spiro atoms. The van der Waals surface area contributed by atoms with E-state index in [0.29, 0.717) is 29.0 Å². The van der Waals surface area contributed by atoms with E-state index in [1.165, 1.54) is 27.8 Å². The number of halogens is 6. The van der Waals surface area contributed by atoms with Gasteiger partial charge in [-0.3, -0.25) is 36.2 Å². The van der Waals surface area contributed by atoms with Crippen molar-refractivity contribution >= 4 is 40.0 Å². The summed E-state index contributed by atoms with van der Waals surface area (Å²) in [7, 11) is 0. The number of hydrogen-bond donors (Lipinski definition) is 4. The van der Waals surface area contributed by atoms with E-state index in [-0.39, 0.29) is 41.3 Å². The molecule has 1 aromatic heterocycles. The number of fused-ring (bicyclic) bond motifs is 4. The fourth-order valence-electron chi connectivity index (χ4n) is 7.24. The molecule has 0 fully saturated rings. The molecule has 2 aliphatic carbocycles. The monoisotopic (exact) mass is 753 g/mol. The number of nitrogens with one attached hydrogen (secondary N) is 1. The Morgan fingerprint density at radius 1 is 0.698 bits per heavy atom. The molecule has 0 atom stereocenters. The van der Waals surface area contributed by atoms with E-state index in [1.54, 1.807) is 4.90 Å². The van der Waals surface area contributed by atoms with E-state index in [9.17, 15) is 35.9 Å². The van der Waals surface area contributed by atoms with Gasteiger partial charge >= 0.3 is 12.4 Å². The Kier molecular flexibility index (Phi) is 10.4. The maximum atomic E-state index is 13.0. The maximum Gasteiger partial charge on any atom is 0.416 e. The third-order valence-electron chi connectivity index (χ3n) is 9.64. The molecule has 0 unspecified atom stereocenters. The Bertz CT molecular complexity index is 2220. The van der Waals surface area contributed by atoms with Crippen LogP contribution in [0, 0.1) is 0 Å². The van der Waals surface area contributed by atoms with Crippen LogP contribution in [-0.4, -0.2) is 31.4 Å². The van der Waals surface area contributed by atoms with Crippen molar-refractivity contribution < 1.29 is 31.1 Å². The summed E-state index contributed by atoms with van der Waals surface area (Å²) in [5, 5.41) is 0.132. The van der Waals surface area contributed by atoms with Crippen molar-refractivity contribution in [1.29, 1.82) is 0 Å². The first-order valence-electron chi connectivity index (χ1n) is 16.4. The molecule has 3 aliphatic rings. The number of nitrogens with two attached hydrogens (primary N) is 3. The number of carbonyl (C=O) groups is 1. The zero-order valence-electron chi connectivity index (χ0n) is 27.8. The second kappa shape index (κ2) is 14.7. The molecule has 0 bridgehead atoms. The van der Waals surface area contributed by atoms with Crippen molar-refractivity contribution in [2.45, 2.75) is 56.5 Å². The minimum Gasteiger partial charge on any atom is -0.298 e. The summed E-state index contributed by atoms with van der Waals surface area (Å²) in [5.74, 6) is 13.3. The van der Waals surface area contributed by atoms with Crippen LogP contribution in [-0.2, 0) is 44.5 Å². The number of nitrogens with zero attached hydrogens (tertiary/aromatic N) is 3. The maximum absolute atomic E-state index is 13.0. The van der Waals surface area contributed by atoms with Gasteiger partial charge in [-0.2, -0.15) is 26.3 Å². The summed E-state index contributed by atoms with van der Waals surface area (Å²) in [5.41, 5.74) is 5.66. The number of amides is 1. The molecule has 8 rings (SSSR count). The Balaban J connectivity index is 0.000000173. The second-order valence-corrected chi connectivity index (χ2v) is 13.2. The highest BCUT2D eigenvalue weighted by Gasteiger charge is 2.39. The second-order valence-electron chi connectivity index (χ2n) is 12.8. The summed E-state index contributed by atoms with van der Waals surface area (Å²) in [6, 6.07) is 21.8. The highest BCUT2D eigenvalue weighted by molar-refractivity contribution is 7.80. The lowest BCUT2D eigenvalue weighted by molar-refractivity contribution is -0.138. The van der Waals surface area contributed by atoms with Crippen LogP contribution < -0.4 is 28.5 Å². The summed E-state index contributed by atoms with van der Waals surface area (Å²) < 4.78 is 78.9. The Hall–Kier alpha value is -5.16. The van der Waals surface area contributed by atoms with Gasteiger partial charge in [0.15, 0.2) is 0 Å². The standard InChI is InChI=1S/C19H14F3NOS.C18H15F3N4O.H4N2/c20-19(21,22)14-5-6-16-13(7-14)10-17(25)23(18(16)24)15-8-11-3-1-2-4-12(11)9-15;19-18(20,21)12-5-6-14-15(9-12)23-17(24-22)25(16(14)26)13-7-10-3-1-2-4-11(10)8-13;1-2/h1-7,15H,8-10H2;1-6,9,13H,7-8,22H2,(H,23,24);1-2H2. The first-order chi connectivity index (χ1) is 25.2. The van der Waals surface area contributed by atoms with E-state index in [4.69, 9.17) is 18.1 Å². The highest BCUT2D eigenvalue weighted by atomic mass is 32.1. The number of alkyl halides is 6. The fourth-order valence-corrected chi connectivity index (χ4v) is 7.63. The first-order valence-corrected chi connectivity index (χ1v) is 16.8. The van der Waals surface area contributed by atoms with Gasteiger partial charge in [-0.15, -0.1) is 0 Å². The molecule has 2 heterocycles. The number of aromatic nitrogens is 2. The minimum absolute atomic E-state index is 0.0375. The Morgan fingerprint density at radius 3 is 1.70 bits per heavy atom. The molecule has 276 valence electrons. The Morgan fingerprint density at radius 2 is 1.19 bits per heavy atom. The van der Waals surface area contributed by atoms with Gasteiger partial charge in [0.25, 0.3) is 11.5 Å². The van der Waals surface area contributed by atoms with Crippen LogP contribution in [0.5, 0.6) is 0 Å². The van der Waals surface area contributed by atoms with Crippen LogP contribution in [0.1, 0.15) is 55.3 Å². The van der Waals surface area contributed by atoms with Crippen molar-refractivity contribution in [1.82, 2.24) is 14.5 Å². The third kappa shape index (κ3) is 7.40. The molecular weight excluding hydrogens is 721 g/mol. The summed E-state index contributed by atoms with van der Waals surface area (Å²) >= 11 is 5.39. The molecule has 1 aliphatic heterocycles. The molecule has 0 saturated heterocycles. The van der Waals surface area contributed by atoms with Crippen LogP contribution in [0.4, 0.5) is 32.3 Å². The predicted molar refractivity (Wildman–Crippen MR) is 192 cm³/mol. The predicted octanol–water partition coefficient (Wildman–Crippen LogP) is 6.06. The zero-order chi connectivity index (χ0) is 38.2. The number of rotatable bonds is 3. The first kappa shape index (κ1) is 37.6. The zero-order valence-corrected chi connectivity index (χ0v) is 28.7. The summed E-state index contributed by atoms with van der Waals surface area (Å²) in [6.07, 6.45) is -6.03. The van der Waals surface area contributed by atoms with Crippen molar-refractivity contribution in [3.63, 3.8) is 0 Å². The van der Waals surface area contributed by atoms with Crippen LogP contribution in [0.3, 0.4) is 0 Å². The van der Waals surface area contributed by atoms with Crippen LogP contribution in [0.15, 0.2) is 89.7 Å². The molecule has 1 amide bonds. The average molecular weight is 754 g/mol. The largest absolute Gasteiger partial charge is 0.416 e. The van der Waals surface area contributed by atoms with E-state index in [1.807, 2.05) is 48.5 Å². The normalized spacial score (nSPS) is 15.6. The van der Waals surface area contributed by atoms with E-state index >= 15 is 0 Å². The average Bonchev–Trinajstić information content (AvgIpc) is 3.76. The number of anilines is 1. The van der Waals surface area contributed by atoms with Crippen molar-refractivity contribution in [3.05, 3.63) is 140 Å².